The van der Waals surface area contributed by atoms with Crippen molar-refractivity contribution in [1.82, 2.24) is 0 Å². The first-order valence-corrected chi connectivity index (χ1v) is 5.79. The van der Waals surface area contributed by atoms with E-state index >= 15 is 0 Å². The van der Waals surface area contributed by atoms with E-state index in [-0.39, 0.29) is 18.4 Å². The molecule has 0 unspecified atom stereocenters. The van der Waals surface area contributed by atoms with Gasteiger partial charge in [-0.25, -0.2) is 0 Å². The van der Waals surface area contributed by atoms with Crippen molar-refractivity contribution in [3.8, 4) is 5.75 Å². The predicted octanol–water partition coefficient (Wildman–Crippen LogP) is 3.31. The average molecular weight is 242 g/mol. The van der Waals surface area contributed by atoms with Crippen molar-refractivity contribution in [2.45, 2.75) is 32.2 Å². The third-order valence-corrected chi connectivity index (χ3v) is 3.23. The lowest BCUT2D eigenvalue weighted by atomic mass is 9.78. The van der Waals surface area contributed by atoms with Crippen LogP contribution in [0.3, 0.4) is 0 Å². The molecule has 0 bridgehead atoms. The van der Waals surface area contributed by atoms with Gasteiger partial charge in [0.15, 0.2) is 0 Å². The van der Waals surface area contributed by atoms with Gasteiger partial charge in [-0.1, -0.05) is 18.6 Å². The summed E-state index contributed by atoms with van der Waals surface area (Å²) in [6.45, 7) is 2.71. The number of hydrogen-bond acceptors (Lipinski definition) is 2. The smallest absolute Gasteiger partial charge is 0.119 e. The molecule has 2 rings (SSSR count). The van der Waals surface area contributed by atoms with Gasteiger partial charge in [-0.15, -0.1) is 12.4 Å². The summed E-state index contributed by atoms with van der Waals surface area (Å²) in [7, 11) is 0. The Hall–Kier alpha value is -0.730. The summed E-state index contributed by atoms with van der Waals surface area (Å²) in [4.78, 5) is 0. The van der Waals surface area contributed by atoms with E-state index < -0.39 is 0 Å². The molecule has 3 heteroatoms. The Labute approximate surface area is 104 Å². The van der Waals surface area contributed by atoms with Crippen LogP contribution in [0.4, 0.5) is 0 Å². The van der Waals surface area contributed by atoms with Gasteiger partial charge in [-0.2, -0.15) is 0 Å². The maximum absolute atomic E-state index is 6.18. The summed E-state index contributed by atoms with van der Waals surface area (Å²) < 4.78 is 5.40. The largest absolute Gasteiger partial charge is 0.494 e. The number of benzene rings is 1. The minimum absolute atomic E-state index is 0. The van der Waals surface area contributed by atoms with E-state index in [9.17, 15) is 0 Å². The van der Waals surface area contributed by atoms with Gasteiger partial charge in [0.2, 0.25) is 0 Å². The van der Waals surface area contributed by atoms with Crippen LogP contribution >= 0.6 is 12.4 Å². The number of halogens is 1. The van der Waals surface area contributed by atoms with Crippen molar-refractivity contribution in [2.24, 2.45) is 11.7 Å². The summed E-state index contributed by atoms with van der Waals surface area (Å²) in [5.74, 6) is 1.63. The van der Waals surface area contributed by atoms with Crippen LogP contribution in [0.2, 0.25) is 0 Å². The number of ether oxygens (including phenoxy) is 1. The van der Waals surface area contributed by atoms with Gasteiger partial charge in [-0.3, -0.25) is 0 Å². The first-order valence-electron chi connectivity index (χ1n) is 5.79. The zero-order chi connectivity index (χ0) is 10.7. The minimum atomic E-state index is 0. The van der Waals surface area contributed by atoms with Gasteiger partial charge in [-0.05, 0) is 43.4 Å². The third-order valence-electron chi connectivity index (χ3n) is 3.23. The lowest BCUT2D eigenvalue weighted by Crippen LogP contribution is -2.26. The fourth-order valence-corrected chi connectivity index (χ4v) is 2.02. The summed E-state index contributed by atoms with van der Waals surface area (Å²) >= 11 is 0. The average Bonchev–Trinajstić information content (AvgIpc) is 2.16. The molecule has 2 nitrogen and oxygen atoms in total. The Morgan fingerprint density at radius 1 is 1.31 bits per heavy atom. The molecule has 16 heavy (non-hydrogen) atoms. The molecular weight excluding hydrogens is 222 g/mol. The molecule has 2 N–H and O–H groups in total. The quantitative estimate of drug-likeness (QED) is 0.878. The molecule has 1 atom stereocenters. The third kappa shape index (κ3) is 2.89. The van der Waals surface area contributed by atoms with Crippen LogP contribution in [0.1, 0.15) is 37.8 Å². The summed E-state index contributed by atoms with van der Waals surface area (Å²) in [5, 5.41) is 0. The van der Waals surface area contributed by atoms with Crippen molar-refractivity contribution >= 4 is 12.4 Å². The van der Waals surface area contributed by atoms with E-state index in [0.29, 0.717) is 12.5 Å². The first kappa shape index (κ1) is 13.3. The van der Waals surface area contributed by atoms with E-state index in [1.807, 2.05) is 19.1 Å². The first-order chi connectivity index (χ1) is 7.31. The van der Waals surface area contributed by atoms with Gasteiger partial charge in [0.25, 0.3) is 0 Å². The minimum Gasteiger partial charge on any atom is -0.494 e. The molecule has 0 aliphatic heterocycles. The van der Waals surface area contributed by atoms with Crippen LogP contribution < -0.4 is 10.5 Å². The highest BCUT2D eigenvalue weighted by Crippen LogP contribution is 2.36. The van der Waals surface area contributed by atoms with Gasteiger partial charge < -0.3 is 10.5 Å². The van der Waals surface area contributed by atoms with Crippen molar-refractivity contribution in [3.05, 3.63) is 29.8 Å². The molecule has 0 radical (unpaired) electrons. The molecule has 0 saturated heterocycles. The van der Waals surface area contributed by atoms with E-state index in [4.69, 9.17) is 10.5 Å². The molecule has 0 heterocycles. The van der Waals surface area contributed by atoms with Crippen molar-refractivity contribution in [3.63, 3.8) is 0 Å². The highest BCUT2D eigenvalue weighted by Gasteiger charge is 2.25. The second kappa shape index (κ2) is 6.12. The Kier molecular flexibility index (Phi) is 5.10. The summed E-state index contributed by atoms with van der Waals surface area (Å²) in [5.41, 5.74) is 7.42. The highest BCUT2D eigenvalue weighted by atomic mass is 35.5. The van der Waals surface area contributed by atoms with Gasteiger partial charge >= 0.3 is 0 Å². The highest BCUT2D eigenvalue weighted by molar-refractivity contribution is 5.85. The normalized spacial score (nSPS) is 17.1. The maximum Gasteiger partial charge on any atom is 0.119 e. The van der Waals surface area contributed by atoms with Crippen LogP contribution in [0.25, 0.3) is 0 Å². The van der Waals surface area contributed by atoms with Gasteiger partial charge in [0, 0.05) is 6.04 Å². The van der Waals surface area contributed by atoms with Crippen LogP contribution in [-0.4, -0.2) is 6.61 Å². The van der Waals surface area contributed by atoms with Gasteiger partial charge in [0.05, 0.1) is 6.61 Å². The Morgan fingerprint density at radius 3 is 2.38 bits per heavy atom. The van der Waals surface area contributed by atoms with Gasteiger partial charge in [0.1, 0.15) is 5.75 Å². The number of rotatable bonds is 4. The molecule has 1 aliphatic carbocycles. The summed E-state index contributed by atoms with van der Waals surface area (Å²) in [6.07, 6.45) is 3.91. The molecule has 1 saturated carbocycles. The molecular formula is C13H20ClNO. The molecule has 1 aliphatic rings. The Balaban J connectivity index is 0.00000128. The number of nitrogens with two attached hydrogens (primary N) is 1. The van der Waals surface area contributed by atoms with Crippen LogP contribution in [0, 0.1) is 5.92 Å². The lowest BCUT2D eigenvalue weighted by molar-refractivity contribution is 0.264. The molecule has 1 fully saturated rings. The molecule has 1 aromatic rings. The molecule has 0 spiro atoms. The summed E-state index contributed by atoms with van der Waals surface area (Å²) in [6, 6.07) is 8.42. The van der Waals surface area contributed by atoms with Crippen molar-refractivity contribution in [2.75, 3.05) is 6.61 Å². The molecule has 90 valence electrons. The predicted molar refractivity (Wildman–Crippen MR) is 69.1 cm³/mol. The van der Waals surface area contributed by atoms with Crippen molar-refractivity contribution < 1.29 is 4.74 Å². The second-order valence-electron chi connectivity index (χ2n) is 4.22. The van der Waals surface area contributed by atoms with E-state index in [1.165, 1.54) is 24.8 Å². The van der Waals surface area contributed by atoms with Crippen molar-refractivity contribution in [1.29, 1.82) is 0 Å². The maximum atomic E-state index is 6.18. The fourth-order valence-electron chi connectivity index (χ4n) is 2.02. The SMILES string of the molecule is CCOc1ccc([C@@H](N)C2CCC2)cc1.Cl. The Morgan fingerprint density at radius 2 is 1.94 bits per heavy atom. The number of hydrogen-bond donors (Lipinski definition) is 1. The molecule has 0 amide bonds. The molecule has 1 aromatic carbocycles. The van der Waals surface area contributed by atoms with Crippen LogP contribution in [-0.2, 0) is 0 Å². The van der Waals surface area contributed by atoms with E-state index in [0.717, 1.165) is 5.75 Å². The second-order valence-corrected chi connectivity index (χ2v) is 4.22. The standard InChI is InChI=1S/C13H19NO.ClH/c1-2-15-12-8-6-11(7-9-12)13(14)10-4-3-5-10;/h6-10,13H,2-5,14H2,1H3;1H/t13-;/m0./s1. The van der Waals surface area contributed by atoms with Crippen LogP contribution in [0.15, 0.2) is 24.3 Å². The zero-order valence-electron chi connectivity index (χ0n) is 9.69. The monoisotopic (exact) mass is 241 g/mol. The topological polar surface area (TPSA) is 35.2 Å². The van der Waals surface area contributed by atoms with Crippen LogP contribution in [0.5, 0.6) is 5.75 Å². The van der Waals surface area contributed by atoms with E-state index in [2.05, 4.69) is 12.1 Å². The molecule has 0 aromatic heterocycles. The fraction of sp³-hybridized carbons (Fsp3) is 0.538. The zero-order valence-corrected chi connectivity index (χ0v) is 10.5. The Bertz CT molecular complexity index is 308. The lowest BCUT2D eigenvalue weighted by Gasteiger charge is -2.31. The van der Waals surface area contributed by atoms with E-state index in [1.54, 1.807) is 0 Å².